The molecule has 0 aliphatic heterocycles. The molecule has 156 valence electrons. The number of benzene rings is 2. The van der Waals surface area contributed by atoms with Crippen molar-refractivity contribution in [2.45, 2.75) is 63.4 Å². The molecule has 1 unspecified atom stereocenters. The first-order valence-electron chi connectivity index (χ1n) is 10.5. The third kappa shape index (κ3) is 5.33. The molecular formula is C26H34O2S. The van der Waals surface area contributed by atoms with Crippen molar-refractivity contribution < 1.29 is 9.84 Å². The van der Waals surface area contributed by atoms with E-state index in [1.807, 2.05) is 17.8 Å². The third-order valence-electron chi connectivity index (χ3n) is 5.78. The van der Waals surface area contributed by atoms with Gasteiger partial charge in [0.2, 0.25) is 0 Å². The van der Waals surface area contributed by atoms with E-state index in [0.717, 1.165) is 6.42 Å². The van der Waals surface area contributed by atoms with Gasteiger partial charge in [-0.1, -0.05) is 87.9 Å². The van der Waals surface area contributed by atoms with Crippen molar-refractivity contribution in [2.75, 3.05) is 6.61 Å². The number of hydrogen-bond donors (Lipinski definition) is 1. The van der Waals surface area contributed by atoms with Crippen molar-refractivity contribution >= 4 is 11.8 Å². The first-order chi connectivity index (χ1) is 13.7. The van der Waals surface area contributed by atoms with E-state index in [9.17, 15) is 5.11 Å². The van der Waals surface area contributed by atoms with Crippen LogP contribution in [0.1, 0.15) is 52.7 Å². The highest BCUT2D eigenvalue weighted by molar-refractivity contribution is 8.00. The van der Waals surface area contributed by atoms with Crippen LogP contribution in [0.2, 0.25) is 0 Å². The van der Waals surface area contributed by atoms with E-state index in [0.29, 0.717) is 5.25 Å². The van der Waals surface area contributed by atoms with Crippen molar-refractivity contribution in [3.63, 3.8) is 0 Å². The molecule has 2 aromatic carbocycles. The molecule has 0 aromatic heterocycles. The van der Waals surface area contributed by atoms with Crippen molar-refractivity contribution in [2.24, 2.45) is 10.8 Å². The quantitative estimate of drug-likeness (QED) is 0.539. The van der Waals surface area contributed by atoms with E-state index in [4.69, 9.17) is 4.74 Å². The maximum Gasteiger partial charge on any atom is 0.0877 e. The van der Waals surface area contributed by atoms with E-state index in [-0.39, 0.29) is 29.6 Å². The molecule has 0 saturated heterocycles. The van der Waals surface area contributed by atoms with Crippen molar-refractivity contribution in [3.05, 3.63) is 77.9 Å². The van der Waals surface area contributed by atoms with Gasteiger partial charge < -0.3 is 9.84 Å². The smallest absolute Gasteiger partial charge is 0.0877 e. The number of thioether (sulfide) groups is 1. The summed E-state index contributed by atoms with van der Waals surface area (Å²) in [6, 6.07) is 21.0. The zero-order valence-corrected chi connectivity index (χ0v) is 19.1. The van der Waals surface area contributed by atoms with Crippen LogP contribution in [0.4, 0.5) is 0 Å². The minimum atomic E-state index is -0.379. The van der Waals surface area contributed by atoms with Crippen LogP contribution in [0.15, 0.2) is 77.2 Å². The predicted molar refractivity (Wildman–Crippen MR) is 123 cm³/mol. The minimum Gasteiger partial charge on any atom is -0.395 e. The summed E-state index contributed by atoms with van der Waals surface area (Å²) in [6.07, 6.45) is 3.04. The molecule has 1 aliphatic carbocycles. The summed E-state index contributed by atoms with van der Waals surface area (Å²) >= 11 is 1.89. The summed E-state index contributed by atoms with van der Waals surface area (Å²) < 4.78 is 6.85. The third-order valence-corrected chi connectivity index (χ3v) is 7.17. The van der Waals surface area contributed by atoms with Gasteiger partial charge in [-0.3, -0.25) is 0 Å². The fourth-order valence-electron chi connectivity index (χ4n) is 4.09. The largest absolute Gasteiger partial charge is 0.395 e. The molecule has 3 heteroatoms. The molecule has 3 rings (SSSR count). The molecule has 0 saturated carbocycles. The Kier molecular flexibility index (Phi) is 6.93. The van der Waals surface area contributed by atoms with Crippen LogP contribution in [0.3, 0.4) is 0 Å². The molecule has 0 spiro atoms. The molecule has 0 fully saturated rings. The lowest BCUT2D eigenvalue weighted by atomic mass is 9.75. The van der Waals surface area contributed by atoms with Gasteiger partial charge in [-0.15, -0.1) is 11.8 Å². The van der Waals surface area contributed by atoms with Gasteiger partial charge in [-0.2, -0.15) is 0 Å². The average Bonchev–Trinajstić information content (AvgIpc) is 2.69. The second kappa shape index (κ2) is 9.07. The van der Waals surface area contributed by atoms with E-state index in [2.05, 4.69) is 95.3 Å². The van der Waals surface area contributed by atoms with Crippen LogP contribution in [-0.4, -0.2) is 23.1 Å². The molecule has 0 amide bonds. The Morgan fingerprint density at radius 2 is 1.66 bits per heavy atom. The lowest BCUT2D eigenvalue weighted by Crippen LogP contribution is -2.44. The molecule has 2 nitrogen and oxygen atoms in total. The maximum atomic E-state index is 10.3. The number of aliphatic hydroxyl groups excluding tert-OH is 1. The van der Waals surface area contributed by atoms with Gasteiger partial charge in [0.1, 0.15) is 0 Å². The SMILES string of the molecule is CC1=C[C@](C)(CO)[C@@H](O[C@@H](c2ccccc2)C(C)(C)C)CC1Sc1ccccc1. The Balaban J connectivity index is 1.89. The number of hydrogen-bond acceptors (Lipinski definition) is 3. The highest BCUT2D eigenvalue weighted by Crippen LogP contribution is 2.46. The Morgan fingerprint density at radius 1 is 1.07 bits per heavy atom. The topological polar surface area (TPSA) is 29.5 Å². The molecule has 1 aliphatic rings. The van der Waals surface area contributed by atoms with E-state index in [1.54, 1.807) is 0 Å². The molecule has 1 N–H and O–H groups in total. The van der Waals surface area contributed by atoms with Crippen LogP contribution in [0, 0.1) is 10.8 Å². The molecular weight excluding hydrogens is 376 g/mol. The van der Waals surface area contributed by atoms with Crippen LogP contribution < -0.4 is 0 Å². The number of rotatable bonds is 6. The summed E-state index contributed by atoms with van der Waals surface area (Å²) in [5, 5.41) is 10.6. The Morgan fingerprint density at radius 3 is 2.21 bits per heavy atom. The zero-order chi connectivity index (χ0) is 21.1. The lowest BCUT2D eigenvalue weighted by molar-refractivity contribution is -0.120. The van der Waals surface area contributed by atoms with Gasteiger partial charge in [0.05, 0.1) is 18.8 Å². The minimum absolute atomic E-state index is 0.0336. The standard InChI is InChI=1S/C26H34O2S/c1-19-17-26(5,18-27)23(16-22(19)29-21-14-10-7-11-15-21)28-24(25(2,3)4)20-12-8-6-9-13-20/h6-15,17,22-24,27H,16,18H2,1-5H3/t22?,23-,24-,26+/m0/s1. The van der Waals surface area contributed by atoms with Crippen molar-refractivity contribution in [1.29, 1.82) is 0 Å². The van der Waals surface area contributed by atoms with Gasteiger partial charge in [-0.25, -0.2) is 0 Å². The van der Waals surface area contributed by atoms with Gasteiger partial charge in [0.25, 0.3) is 0 Å². The highest BCUT2D eigenvalue weighted by atomic mass is 32.2. The summed E-state index contributed by atoms with van der Waals surface area (Å²) in [7, 11) is 0. The van der Waals surface area contributed by atoms with E-state index < -0.39 is 0 Å². The molecule has 0 radical (unpaired) electrons. The van der Waals surface area contributed by atoms with E-state index in [1.165, 1.54) is 16.0 Å². The van der Waals surface area contributed by atoms with Crippen LogP contribution in [-0.2, 0) is 4.74 Å². The summed E-state index contributed by atoms with van der Waals surface area (Å²) in [5.74, 6) is 0. The predicted octanol–water partition coefficient (Wildman–Crippen LogP) is 6.67. The molecule has 4 atom stereocenters. The van der Waals surface area contributed by atoms with E-state index >= 15 is 0 Å². The number of aliphatic hydroxyl groups is 1. The van der Waals surface area contributed by atoms with Crippen molar-refractivity contribution in [3.8, 4) is 0 Å². The summed E-state index contributed by atoms with van der Waals surface area (Å²) in [6.45, 7) is 11.1. The molecule has 0 bridgehead atoms. The normalized spacial score (nSPS) is 26.1. The molecule has 2 aromatic rings. The highest BCUT2D eigenvalue weighted by Gasteiger charge is 2.42. The second-order valence-corrected chi connectivity index (χ2v) is 10.8. The van der Waals surface area contributed by atoms with Gasteiger partial charge in [0.15, 0.2) is 0 Å². The average molecular weight is 411 g/mol. The zero-order valence-electron chi connectivity index (χ0n) is 18.3. The summed E-state index contributed by atoms with van der Waals surface area (Å²) in [5.41, 5.74) is 2.09. The Bertz CT molecular complexity index is 810. The van der Waals surface area contributed by atoms with Gasteiger partial charge >= 0.3 is 0 Å². The van der Waals surface area contributed by atoms with Gasteiger partial charge in [-0.05, 0) is 36.5 Å². The fourth-order valence-corrected chi connectivity index (χ4v) is 5.26. The van der Waals surface area contributed by atoms with Crippen LogP contribution in [0.25, 0.3) is 0 Å². The van der Waals surface area contributed by atoms with Crippen LogP contribution in [0.5, 0.6) is 0 Å². The lowest BCUT2D eigenvalue weighted by Gasteiger charge is -2.44. The Labute approximate surface area is 180 Å². The summed E-state index contributed by atoms with van der Waals surface area (Å²) in [4.78, 5) is 1.27. The Hall–Kier alpha value is -1.55. The molecule has 0 heterocycles. The first-order valence-corrected chi connectivity index (χ1v) is 11.3. The second-order valence-electron chi connectivity index (χ2n) is 9.49. The maximum absolute atomic E-state index is 10.3. The molecule has 29 heavy (non-hydrogen) atoms. The first kappa shape index (κ1) is 22.1. The monoisotopic (exact) mass is 410 g/mol. The van der Waals surface area contributed by atoms with Crippen LogP contribution >= 0.6 is 11.8 Å². The fraction of sp³-hybridized carbons (Fsp3) is 0.462. The van der Waals surface area contributed by atoms with Crippen molar-refractivity contribution in [1.82, 2.24) is 0 Å². The number of ether oxygens (including phenoxy) is 1. The van der Waals surface area contributed by atoms with Gasteiger partial charge in [0, 0.05) is 15.6 Å².